The van der Waals surface area contributed by atoms with E-state index in [1.54, 1.807) is 0 Å². The highest BCUT2D eigenvalue weighted by atomic mass is 35.5. The lowest BCUT2D eigenvalue weighted by Crippen LogP contribution is -2.15. The lowest BCUT2D eigenvalue weighted by atomic mass is 9.91. The number of rotatable bonds is 0. The minimum absolute atomic E-state index is 0.297. The maximum absolute atomic E-state index is 13.1. The molecule has 1 heterocycles. The summed E-state index contributed by atoms with van der Waals surface area (Å²) in [6, 6.07) is 2.79. The predicted octanol–water partition coefficient (Wildman–Crippen LogP) is 3.17. The fourth-order valence-corrected chi connectivity index (χ4v) is 1.09. The Hall–Kier alpha value is -0.630. The van der Waals surface area contributed by atoms with Crippen LogP contribution in [0.2, 0.25) is 5.15 Å². The lowest BCUT2D eigenvalue weighted by Gasteiger charge is -2.18. The molecule has 0 aliphatic heterocycles. The largest absolute Gasteiger partial charge is 0.238 e. The smallest absolute Gasteiger partial charge is 0.145 e. The maximum Gasteiger partial charge on any atom is 0.145 e. The summed E-state index contributed by atoms with van der Waals surface area (Å²) >= 11 is 5.65. The van der Waals surface area contributed by atoms with E-state index >= 15 is 0 Å². The van der Waals surface area contributed by atoms with Crippen molar-refractivity contribution in [2.75, 3.05) is 0 Å². The van der Waals surface area contributed by atoms with Crippen LogP contribution in [0.15, 0.2) is 12.1 Å². The van der Waals surface area contributed by atoms with Gasteiger partial charge in [-0.25, -0.2) is 9.37 Å². The molecule has 1 aromatic rings. The van der Waals surface area contributed by atoms with E-state index in [0.29, 0.717) is 10.8 Å². The fraction of sp³-hybridized carbons (Fsp3) is 0.444. The SMILES string of the molecule is CC(C)(C)c1nc(Cl)ccc1F. The van der Waals surface area contributed by atoms with Crippen LogP contribution in [0.4, 0.5) is 4.39 Å². The molecule has 12 heavy (non-hydrogen) atoms. The minimum atomic E-state index is -0.299. The van der Waals surface area contributed by atoms with Crippen molar-refractivity contribution in [2.45, 2.75) is 26.2 Å². The van der Waals surface area contributed by atoms with Gasteiger partial charge >= 0.3 is 0 Å². The average Bonchev–Trinajstić information content (AvgIpc) is 1.92. The molecule has 0 bridgehead atoms. The van der Waals surface area contributed by atoms with Crippen LogP contribution in [0, 0.1) is 5.82 Å². The molecule has 1 aromatic heterocycles. The van der Waals surface area contributed by atoms with Gasteiger partial charge in [0.1, 0.15) is 11.0 Å². The van der Waals surface area contributed by atoms with Crippen molar-refractivity contribution in [2.24, 2.45) is 0 Å². The lowest BCUT2D eigenvalue weighted by molar-refractivity contribution is 0.503. The van der Waals surface area contributed by atoms with Gasteiger partial charge in [0.25, 0.3) is 0 Å². The van der Waals surface area contributed by atoms with Crippen LogP contribution in [0.3, 0.4) is 0 Å². The standard InChI is InChI=1S/C9H11ClFN/c1-9(2,3)8-6(11)4-5-7(10)12-8/h4-5H,1-3H3. The van der Waals surface area contributed by atoms with Crippen LogP contribution in [0.5, 0.6) is 0 Å². The van der Waals surface area contributed by atoms with E-state index in [-0.39, 0.29) is 11.2 Å². The van der Waals surface area contributed by atoms with Crippen molar-refractivity contribution in [1.29, 1.82) is 0 Å². The van der Waals surface area contributed by atoms with Crippen LogP contribution < -0.4 is 0 Å². The Balaban J connectivity index is 3.23. The first-order valence-electron chi connectivity index (χ1n) is 3.74. The van der Waals surface area contributed by atoms with Gasteiger partial charge in [0, 0.05) is 5.41 Å². The molecule has 0 unspecified atom stereocenters. The Morgan fingerprint density at radius 3 is 2.33 bits per heavy atom. The first-order valence-corrected chi connectivity index (χ1v) is 4.11. The summed E-state index contributed by atoms with van der Waals surface area (Å²) in [7, 11) is 0. The van der Waals surface area contributed by atoms with E-state index in [0.717, 1.165) is 0 Å². The second-order valence-corrected chi connectivity index (χ2v) is 4.10. The van der Waals surface area contributed by atoms with Gasteiger partial charge < -0.3 is 0 Å². The van der Waals surface area contributed by atoms with Crippen molar-refractivity contribution in [3.8, 4) is 0 Å². The van der Waals surface area contributed by atoms with Gasteiger partial charge in [0.15, 0.2) is 0 Å². The summed E-state index contributed by atoms with van der Waals surface area (Å²) in [6.45, 7) is 5.69. The molecule has 0 amide bonds. The molecule has 0 aromatic carbocycles. The third-order valence-corrected chi connectivity index (χ3v) is 1.73. The van der Waals surface area contributed by atoms with Crippen molar-refractivity contribution in [3.05, 3.63) is 28.8 Å². The van der Waals surface area contributed by atoms with Crippen molar-refractivity contribution >= 4 is 11.6 Å². The van der Waals surface area contributed by atoms with Crippen molar-refractivity contribution in [1.82, 2.24) is 4.98 Å². The topological polar surface area (TPSA) is 12.9 Å². The highest BCUT2D eigenvalue weighted by molar-refractivity contribution is 6.29. The Labute approximate surface area is 76.6 Å². The first-order chi connectivity index (χ1) is 5.41. The molecule has 1 rings (SSSR count). The zero-order chi connectivity index (χ0) is 9.35. The maximum atomic E-state index is 13.1. The quantitative estimate of drug-likeness (QED) is 0.569. The number of aromatic nitrogens is 1. The summed E-state index contributed by atoms with van der Waals surface area (Å²) in [5, 5.41) is 0.335. The predicted molar refractivity (Wildman–Crippen MR) is 47.9 cm³/mol. The van der Waals surface area contributed by atoms with E-state index in [2.05, 4.69) is 4.98 Å². The molecule has 3 heteroatoms. The molecular formula is C9H11ClFN. The second-order valence-electron chi connectivity index (χ2n) is 3.71. The molecule has 66 valence electrons. The molecule has 0 aliphatic rings. The Bertz CT molecular complexity index is 291. The van der Waals surface area contributed by atoms with E-state index < -0.39 is 0 Å². The molecular weight excluding hydrogens is 177 g/mol. The van der Waals surface area contributed by atoms with E-state index in [4.69, 9.17) is 11.6 Å². The van der Waals surface area contributed by atoms with Crippen LogP contribution in [-0.4, -0.2) is 4.98 Å². The third kappa shape index (κ3) is 1.95. The second kappa shape index (κ2) is 3.02. The first kappa shape index (κ1) is 9.46. The van der Waals surface area contributed by atoms with Gasteiger partial charge in [-0.3, -0.25) is 0 Å². The minimum Gasteiger partial charge on any atom is -0.238 e. The van der Waals surface area contributed by atoms with Crippen LogP contribution in [0.25, 0.3) is 0 Å². The number of halogens is 2. The molecule has 0 saturated carbocycles. The highest BCUT2D eigenvalue weighted by Crippen LogP contribution is 2.24. The fourth-order valence-electron chi connectivity index (χ4n) is 0.944. The number of hydrogen-bond donors (Lipinski definition) is 0. The Kier molecular flexibility index (Phi) is 2.38. The number of pyridine rings is 1. The van der Waals surface area contributed by atoms with Crippen molar-refractivity contribution in [3.63, 3.8) is 0 Å². The normalized spacial score (nSPS) is 11.8. The summed E-state index contributed by atoms with van der Waals surface area (Å²) in [5.41, 5.74) is 0.115. The van der Waals surface area contributed by atoms with Gasteiger partial charge in [-0.1, -0.05) is 32.4 Å². The van der Waals surface area contributed by atoms with Crippen LogP contribution in [-0.2, 0) is 5.41 Å². The summed E-state index contributed by atoms with van der Waals surface area (Å²) < 4.78 is 13.1. The van der Waals surface area contributed by atoms with E-state index in [1.807, 2.05) is 20.8 Å². The van der Waals surface area contributed by atoms with Gasteiger partial charge in [-0.2, -0.15) is 0 Å². The van der Waals surface area contributed by atoms with E-state index in [1.165, 1.54) is 12.1 Å². The molecule has 0 atom stereocenters. The van der Waals surface area contributed by atoms with Gasteiger partial charge in [0.2, 0.25) is 0 Å². The summed E-state index contributed by atoms with van der Waals surface area (Å²) in [4.78, 5) is 3.93. The molecule has 0 radical (unpaired) electrons. The van der Waals surface area contributed by atoms with Gasteiger partial charge in [0.05, 0.1) is 5.69 Å². The number of hydrogen-bond acceptors (Lipinski definition) is 1. The average molecular weight is 188 g/mol. The Morgan fingerprint density at radius 1 is 1.33 bits per heavy atom. The zero-order valence-corrected chi connectivity index (χ0v) is 8.11. The highest BCUT2D eigenvalue weighted by Gasteiger charge is 2.20. The molecule has 0 N–H and O–H groups in total. The number of nitrogens with zero attached hydrogens (tertiary/aromatic N) is 1. The molecule has 0 aliphatic carbocycles. The van der Waals surface area contributed by atoms with Crippen LogP contribution in [0.1, 0.15) is 26.5 Å². The summed E-state index contributed by atoms with van der Waals surface area (Å²) in [6.07, 6.45) is 0. The third-order valence-electron chi connectivity index (χ3n) is 1.52. The van der Waals surface area contributed by atoms with Crippen LogP contribution >= 0.6 is 11.6 Å². The molecule has 0 saturated heterocycles. The monoisotopic (exact) mass is 187 g/mol. The van der Waals surface area contributed by atoms with Gasteiger partial charge in [-0.05, 0) is 12.1 Å². The van der Waals surface area contributed by atoms with Crippen molar-refractivity contribution < 1.29 is 4.39 Å². The molecule has 0 spiro atoms. The van der Waals surface area contributed by atoms with E-state index in [9.17, 15) is 4.39 Å². The summed E-state index contributed by atoms with van der Waals surface area (Å²) in [5.74, 6) is -0.299. The Morgan fingerprint density at radius 2 is 1.92 bits per heavy atom. The zero-order valence-electron chi connectivity index (χ0n) is 7.36. The van der Waals surface area contributed by atoms with Gasteiger partial charge in [-0.15, -0.1) is 0 Å². The molecule has 1 nitrogen and oxygen atoms in total. The molecule has 0 fully saturated rings.